The van der Waals surface area contributed by atoms with Gasteiger partial charge in [-0.15, -0.1) is 0 Å². The molecule has 0 aliphatic heterocycles. The third kappa shape index (κ3) is 2.54. The molecule has 0 atom stereocenters. The van der Waals surface area contributed by atoms with Crippen LogP contribution in [0.3, 0.4) is 0 Å². The number of hydrogen-bond acceptors (Lipinski definition) is 1. The monoisotopic (exact) mass is 288 g/mol. The van der Waals surface area contributed by atoms with Crippen LogP contribution in [0.4, 0.5) is 13.2 Å². The van der Waals surface area contributed by atoms with Gasteiger partial charge in [0.2, 0.25) is 0 Å². The van der Waals surface area contributed by atoms with E-state index in [1.54, 1.807) is 54.6 Å². The van der Waals surface area contributed by atoms with Crippen LogP contribution >= 0.6 is 0 Å². The van der Waals surface area contributed by atoms with Gasteiger partial charge in [0.05, 0.1) is 0 Å². The highest BCUT2D eigenvalue weighted by molar-refractivity contribution is 5.82. The first-order valence-corrected chi connectivity index (χ1v) is 6.34. The minimum absolute atomic E-state index is 0.0781. The molecule has 0 fully saturated rings. The molecule has 2 nitrogen and oxygen atoms in total. The summed E-state index contributed by atoms with van der Waals surface area (Å²) in [6, 6.07) is 17.3. The normalized spacial score (nSPS) is 11.6. The van der Waals surface area contributed by atoms with Crippen molar-refractivity contribution in [3.8, 4) is 22.4 Å². The summed E-state index contributed by atoms with van der Waals surface area (Å²) < 4.78 is 39.6. The van der Waals surface area contributed by atoms with Crippen LogP contribution in [0.2, 0.25) is 0 Å². The predicted octanol–water partition coefficient (Wildman–Crippen LogP) is 4.76. The molecular formula is C16H11F3N2. The summed E-state index contributed by atoms with van der Waals surface area (Å²) in [5.41, 5.74) is 0.677. The number of H-pyrrole nitrogens is 1. The lowest BCUT2D eigenvalue weighted by molar-refractivity contribution is -0.140. The number of halogens is 3. The van der Waals surface area contributed by atoms with Crippen molar-refractivity contribution >= 4 is 0 Å². The molecule has 0 aliphatic carbocycles. The average Bonchev–Trinajstić information content (AvgIpc) is 2.94. The van der Waals surface area contributed by atoms with Crippen molar-refractivity contribution in [3.63, 3.8) is 0 Å². The lowest BCUT2D eigenvalue weighted by atomic mass is 9.99. The summed E-state index contributed by atoms with van der Waals surface area (Å²) in [5.74, 6) is 0. The lowest BCUT2D eigenvalue weighted by Crippen LogP contribution is -2.07. The van der Waals surface area contributed by atoms with Gasteiger partial charge in [-0.2, -0.15) is 18.3 Å². The highest BCUT2D eigenvalue weighted by atomic mass is 19.4. The highest BCUT2D eigenvalue weighted by Gasteiger charge is 2.37. The summed E-state index contributed by atoms with van der Waals surface area (Å²) >= 11 is 0. The van der Waals surface area contributed by atoms with E-state index in [2.05, 4.69) is 10.2 Å². The van der Waals surface area contributed by atoms with E-state index in [4.69, 9.17) is 0 Å². The average molecular weight is 288 g/mol. The van der Waals surface area contributed by atoms with Gasteiger partial charge >= 0.3 is 6.18 Å². The first-order chi connectivity index (χ1) is 10.1. The van der Waals surface area contributed by atoms with Gasteiger partial charge in [0.1, 0.15) is 11.4 Å². The van der Waals surface area contributed by atoms with Crippen LogP contribution in [0.25, 0.3) is 22.4 Å². The second-order valence-corrected chi connectivity index (χ2v) is 4.55. The van der Waals surface area contributed by atoms with E-state index in [0.29, 0.717) is 16.8 Å². The predicted molar refractivity (Wildman–Crippen MR) is 74.5 cm³/mol. The molecule has 1 heterocycles. The van der Waals surface area contributed by atoms with Crippen LogP contribution in [0.15, 0.2) is 60.7 Å². The van der Waals surface area contributed by atoms with Crippen LogP contribution in [0, 0.1) is 0 Å². The number of nitrogens with one attached hydrogen (secondary N) is 1. The maximum Gasteiger partial charge on any atom is 0.433 e. The van der Waals surface area contributed by atoms with Gasteiger partial charge < -0.3 is 0 Å². The van der Waals surface area contributed by atoms with Crippen molar-refractivity contribution < 1.29 is 13.2 Å². The van der Waals surface area contributed by atoms with Crippen molar-refractivity contribution in [2.75, 3.05) is 0 Å². The molecule has 106 valence electrons. The molecule has 0 bridgehead atoms. The van der Waals surface area contributed by atoms with E-state index in [1.165, 1.54) is 0 Å². The van der Waals surface area contributed by atoms with Crippen molar-refractivity contribution in [1.82, 2.24) is 10.2 Å². The minimum Gasteiger partial charge on any atom is -0.272 e. The van der Waals surface area contributed by atoms with E-state index in [9.17, 15) is 13.2 Å². The largest absolute Gasteiger partial charge is 0.433 e. The van der Waals surface area contributed by atoms with Gasteiger partial charge in [0.15, 0.2) is 0 Å². The summed E-state index contributed by atoms with van der Waals surface area (Å²) in [7, 11) is 0. The Morgan fingerprint density at radius 3 is 1.81 bits per heavy atom. The molecule has 0 amide bonds. The molecule has 0 saturated carbocycles. The Labute approximate surface area is 119 Å². The van der Waals surface area contributed by atoms with Crippen LogP contribution in [0.5, 0.6) is 0 Å². The summed E-state index contributed by atoms with van der Waals surface area (Å²) in [6.07, 6.45) is -4.48. The smallest absolute Gasteiger partial charge is 0.272 e. The number of aromatic amines is 1. The molecule has 0 unspecified atom stereocenters. The summed E-state index contributed by atoms with van der Waals surface area (Å²) in [6.45, 7) is 0. The Balaban J connectivity index is 2.26. The Bertz CT molecular complexity index is 731. The van der Waals surface area contributed by atoms with Gasteiger partial charge in [0.25, 0.3) is 0 Å². The fourth-order valence-electron chi connectivity index (χ4n) is 2.24. The fraction of sp³-hybridized carbons (Fsp3) is 0.0625. The first kappa shape index (κ1) is 13.4. The van der Waals surface area contributed by atoms with Crippen LogP contribution in [-0.2, 0) is 6.18 Å². The zero-order chi connectivity index (χ0) is 14.9. The van der Waals surface area contributed by atoms with Crippen LogP contribution in [0.1, 0.15) is 5.69 Å². The van der Waals surface area contributed by atoms with Crippen LogP contribution < -0.4 is 0 Å². The molecule has 3 rings (SSSR count). The molecule has 0 spiro atoms. The highest BCUT2D eigenvalue weighted by Crippen LogP contribution is 2.40. The van der Waals surface area contributed by atoms with Gasteiger partial charge in [-0.3, -0.25) is 5.10 Å². The Morgan fingerprint density at radius 1 is 0.762 bits per heavy atom. The molecule has 5 heteroatoms. The Morgan fingerprint density at radius 2 is 1.29 bits per heavy atom. The zero-order valence-corrected chi connectivity index (χ0v) is 10.9. The fourth-order valence-corrected chi connectivity index (χ4v) is 2.24. The van der Waals surface area contributed by atoms with E-state index >= 15 is 0 Å². The molecule has 0 radical (unpaired) electrons. The van der Waals surface area contributed by atoms with Gasteiger partial charge in [-0.1, -0.05) is 60.7 Å². The van der Waals surface area contributed by atoms with Gasteiger partial charge in [-0.05, 0) is 5.56 Å². The SMILES string of the molecule is FC(F)(F)c1[nH]nc(-c2ccccc2)c1-c1ccccc1. The lowest BCUT2D eigenvalue weighted by Gasteiger charge is -2.09. The van der Waals surface area contributed by atoms with E-state index in [0.717, 1.165) is 0 Å². The number of benzene rings is 2. The van der Waals surface area contributed by atoms with Crippen molar-refractivity contribution in [3.05, 3.63) is 66.4 Å². The van der Waals surface area contributed by atoms with Crippen molar-refractivity contribution in [1.29, 1.82) is 0 Å². The maximum absolute atomic E-state index is 13.2. The van der Waals surface area contributed by atoms with Crippen molar-refractivity contribution in [2.24, 2.45) is 0 Å². The third-order valence-corrected chi connectivity index (χ3v) is 3.16. The Kier molecular flexibility index (Phi) is 3.25. The maximum atomic E-state index is 13.2. The standard InChI is InChI=1S/C16H11F3N2/c17-16(18,19)15-13(11-7-3-1-4-8-11)14(20-21-15)12-9-5-2-6-10-12/h1-10H,(H,20,21). The van der Waals surface area contributed by atoms with Crippen molar-refractivity contribution in [2.45, 2.75) is 6.18 Å². The number of alkyl halides is 3. The second-order valence-electron chi connectivity index (χ2n) is 4.55. The van der Waals surface area contributed by atoms with E-state index in [-0.39, 0.29) is 5.56 Å². The van der Waals surface area contributed by atoms with E-state index < -0.39 is 11.9 Å². The van der Waals surface area contributed by atoms with Gasteiger partial charge in [0, 0.05) is 11.1 Å². The molecule has 0 saturated heterocycles. The van der Waals surface area contributed by atoms with E-state index in [1.807, 2.05) is 6.07 Å². The molecule has 2 aromatic carbocycles. The molecular weight excluding hydrogens is 277 g/mol. The quantitative estimate of drug-likeness (QED) is 0.723. The zero-order valence-electron chi connectivity index (χ0n) is 10.9. The number of nitrogens with zero attached hydrogens (tertiary/aromatic N) is 1. The second kappa shape index (κ2) is 5.09. The van der Waals surface area contributed by atoms with Crippen LogP contribution in [-0.4, -0.2) is 10.2 Å². The Hall–Kier alpha value is -2.56. The number of hydrogen-bond donors (Lipinski definition) is 1. The molecule has 3 aromatic rings. The molecule has 1 N–H and O–H groups in total. The summed E-state index contributed by atoms with van der Waals surface area (Å²) in [4.78, 5) is 0. The first-order valence-electron chi connectivity index (χ1n) is 6.34. The topological polar surface area (TPSA) is 28.7 Å². The summed E-state index contributed by atoms with van der Waals surface area (Å²) in [5, 5.41) is 6.02. The molecule has 1 aromatic heterocycles. The number of rotatable bonds is 2. The number of aromatic nitrogens is 2. The minimum atomic E-state index is -4.48. The third-order valence-electron chi connectivity index (χ3n) is 3.16. The molecule has 0 aliphatic rings. The molecule has 21 heavy (non-hydrogen) atoms. The van der Waals surface area contributed by atoms with Gasteiger partial charge in [-0.25, -0.2) is 0 Å².